The summed E-state index contributed by atoms with van der Waals surface area (Å²) >= 11 is 6.62. The number of likely N-dealkylation sites (tertiary alicyclic amines) is 1. The van der Waals surface area contributed by atoms with Crippen molar-refractivity contribution in [3.63, 3.8) is 0 Å². The Morgan fingerprint density at radius 3 is 3.10 bits per heavy atom. The molecular weight excluding hydrogens is 370 g/mol. The van der Waals surface area contributed by atoms with Gasteiger partial charge in [0.25, 0.3) is 5.91 Å². The molecule has 0 radical (unpaired) electrons. The van der Waals surface area contributed by atoms with E-state index in [9.17, 15) is 4.79 Å². The van der Waals surface area contributed by atoms with Crippen LogP contribution in [-0.2, 0) is 0 Å². The van der Waals surface area contributed by atoms with Crippen LogP contribution in [0.4, 0.5) is 0 Å². The maximum absolute atomic E-state index is 12.5. The Kier molecular flexibility index (Phi) is 4.73. The van der Waals surface area contributed by atoms with E-state index in [0.29, 0.717) is 11.7 Å². The van der Waals surface area contributed by atoms with Crippen LogP contribution in [0.1, 0.15) is 23.3 Å². The van der Waals surface area contributed by atoms with E-state index in [1.54, 1.807) is 11.3 Å². The lowest BCUT2D eigenvalue weighted by molar-refractivity contribution is 0.0693. The molecule has 1 aliphatic heterocycles. The molecule has 1 aliphatic rings. The Labute approximate surface area is 140 Å². The number of carbonyl (C=O) groups is 1. The molecule has 2 aromatic rings. The van der Waals surface area contributed by atoms with Gasteiger partial charge in [-0.15, -0.1) is 22.7 Å². The number of thiophene rings is 1. The van der Waals surface area contributed by atoms with Gasteiger partial charge in [0.2, 0.25) is 0 Å². The summed E-state index contributed by atoms with van der Waals surface area (Å²) in [7, 11) is 1.95. The van der Waals surface area contributed by atoms with E-state index in [4.69, 9.17) is 0 Å². The zero-order valence-corrected chi connectivity index (χ0v) is 14.9. The molecule has 3 rings (SSSR count). The van der Waals surface area contributed by atoms with Crippen molar-refractivity contribution in [2.24, 2.45) is 0 Å². The van der Waals surface area contributed by atoms with Crippen LogP contribution in [0.25, 0.3) is 9.88 Å². The van der Waals surface area contributed by atoms with Gasteiger partial charge in [-0.05, 0) is 48.0 Å². The second-order valence-corrected chi connectivity index (χ2v) is 8.34. The molecule has 0 aromatic carbocycles. The minimum absolute atomic E-state index is 0.0491. The van der Waals surface area contributed by atoms with E-state index in [-0.39, 0.29) is 5.91 Å². The van der Waals surface area contributed by atoms with Crippen LogP contribution in [0.3, 0.4) is 0 Å². The first-order valence-electron chi connectivity index (χ1n) is 6.85. The highest BCUT2D eigenvalue weighted by atomic mass is 79.9. The van der Waals surface area contributed by atoms with Gasteiger partial charge in [-0.2, -0.15) is 0 Å². The third kappa shape index (κ3) is 3.36. The number of rotatable bonds is 3. The lowest BCUT2D eigenvalue weighted by atomic mass is 10.1. The molecule has 0 spiro atoms. The molecule has 1 N–H and O–H groups in total. The molecule has 1 atom stereocenters. The van der Waals surface area contributed by atoms with Gasteiger partial charge in [0, 0.05) is 24.5 Å². The lowest BCUT2D eigenvalue weighted by Gasteiger charge is -2.32. The molecular formula is C14H16BrN3OS2. The largest absolute Gasteiger partial charge is 0.336 e. The number of carbonyl (C=O) groups excluding carboxylic acids is 1. The summed E-state index contributed by atoms with van der Waals surface area (Å²) < 4.78 is 1.08. The highest BCUT2D eigenvalue weighted by Crippen LogP contribution is 2.33. The van der Waals surface area contributed by atoms with Crippen LogP contribution in [0, 0.1) is 0 Å². The van der Waals surface area contributed by atoms with E-state index >= 15 is 0 Å². The fourth-order valence-electron chi connectivity index (χ4n) is 2.47. The van der Waals surface area contributed by atoms with Crippen molar-refractivity contribution in [3.05, 3.63) is 27.0 Å². The van der Waals surface area contributed by atoms with Gasteiger partial charge >= 0.3 is 0 Å². The standard InChI is InChI=1S/C14H16BrN3OS2/c1-16-9-3-2-6-18(7-9)14(19)10-8-20-13(17-10)11-4-5-12(15)21-11/h4-5,8-9,16H,2-3,6-7H2,1H3. The van der Waals surface area contributed by atoms with Crippen molar-refractivity contribution in [2.45, 2.75) is 18.9 Å². The molecule has 1 amide bonds. The summed E-state index contributed by atoms with van der Waals surface area (Å²) in [4.78, 5) is 20.1. The van der Waals surface area contributed by atoms with E-state index in [0.717, 1.165) is 39.6 Å². The molecule has 0 bridgehead atoms. The Balaban J connectivity index is 1.75. The number of halogens is 1. The average molecular weight is 386 g/mol. The maximum atomic E-state index is 12.5. The number of likely N-dealkylation sites (N-methyl/N-ethyl adjacent to an activating group) is 1. The molecule has 0 aliphatic carbocycles. The molecule has 2 aromatic heterocycles. The lowest BCUT2D eigenvalue weighted by Crippen LogP contribution is -2.47. The molecule has 4 nitrogen and oxygen atoms in total. The number of piperidine rings is 1. The summed E-state index contributed by atoms with van der Waals surface area (Å²) in [6.45, 7) is 1.60. The second kappa shape index (κ2) is 6.56. The number of thiazole rings is 1. The first-order chi connectivity index (χ1) is 10.2. The van der Waals surface area contributed by atoms with Gasteiger partial charge in [-0.1, -0.05) is 0 Å². The SMILES string of the molecule is CNC1CCCN(C(=O)c2csc(-c3ccc(Br)s3)n2)C1. The normalized spacial score (nSPS) is 19.0. The molecule has 3 heterocycles. The molecule has 1 saturated heterocycles. The smallest absolute Gasteiger partial charge is 0.273 e. The van der Waals surface area contributed by atoms with Crippen LogP contribution >= 0.6 is 38.6 Å². The van der Waals surface area contributed by atoms with Crippen molar-refractivity contribution in [3.8, 4) is 9.88 Å². The Morgan fingerprint density at radius 1 is 1.52 bits per heavy atom. The molecule has 7 heteroatoms. The first kappa shape index (κ1) is 15.1. The monoisotopic (exact) mass is 385 g/mol. The van der Waals surface area contributed by atoms with Crippen molar-refractivity contribution in [1.29, 1.82) is 0 Å². The second-order valence-electron chi connectivity index (χ2n) is 5.02. The highest BCUT2D eigenvalue weighted by molar-refractivity contribution is 9.11. The van der Waals surface area contributed by atoms with Gasteiger partial charge in [0.15, 0.2) is 0 Å². The molecule has 1 fully saturated rings. The van der Waals surface area contributed by atoms with Crippen molar-refractivity contribution < 1.29 is 4.79 Å². The molecule has 112 valence electrons. The summed E-state index contributed by atoms with van der Waals surface area (Å²) in [6.07, 6.45) is 2.18. The van der Waals surface area contributed by atoms with Gasteiger partial charge in [0.1, 0.15) is 10.7 Å². The molecule has 21 heavy (non-hydrogen) atoms. The van der Waals surface area contributed by atoms with Gasteiger partial charge in [-0.25, -0.2) is 4.98 Å². The Bertz CT molecular complexity index is 640. The number of hydrogen-bond acceptors (Lipinski definition) is 5. The molecule has 1 unspecified atom stereocenters. The summed E-state index contributed by atoms with van der Waals surface area (Å²) in [6, 6.07) is 4.43. The Morgan fingerprint density at radius 2 is 2.38 bits per heavy atom. The summed E-state index contributed by atoms with van der Waals surface area (Å²) in [5, 5.41) is 6.04. The van der Waals surface area contributed by atoms with Gasteiger partial charge in [0.05, 0.1) is 8.66 Å². The minimum Gasteiger partial charge on any atom is -0.336 e. The number of nitrogens with zero attached hydrogens (tertiary/aromatic N) is 2. The summed E-state index contributed by atoms with van der Waals surface area (Å²) in [5.74, 6) is 0.0491. The van der Waals surface area contributed by atoms with Crippen molar-refractivity contribution >= 4 is 44.5 Å². The fraction of sp³-hybridized carbons (Fsp3) is 0.429. The third-order valence-corrected chi connectivity index (χ3v) is 6.26. The predicted octanol–water partition coefficient (Wildman–Crippen LogP) is 3.46. The van der Waals surface area contributed by atoms with E-state index < -0.39 is 0 Å². The number of nitrogens with one attached hydrogen (secondary N) is 1. The van der Waals surface area contributed by atoms with Crippen molar-refractivity contribution in [1.82, 2.24) is 15.2 Å². The van der Waals surface area contributed by atoms with E-state index in [2.05, 4.69) is 26.2 Å². The quantitative estimate of drug-likeness (QED) is 0.879. The third-order valence-electron chi connectivity index (χ3n) is 3.62. The zero-order valence-electron chi connectivity index (χ0n) is 11.6. The predicted molar refractivity (Wildman–Crippen MR) is 91.1 cm³/mol. The minimum atomic E-state index is 0.0491. The molecule has 0 saturated carbocycles. The Hall–Kier alpha value is -0.760. The number of hydrogen-bond donors (Lipinski definition) is 1. The van der Waals surface area contributed by atoms with Crippen LogP contribution in [0.5, 0.6) is 0 Å². The maximum Gasteiger partial charge on any atom is 0.273 e. The van der Waals surface area contributed by atoms with E-state index in [1.165, 1.54) is 11.3 Å². The zero-order chi connectivity index (χ0) is 14.8. The van der Waals surface area contributed by atoms with Crippen LogP contribution < -0.4 is 5.32 Å². The van der Waals surface area contributed by atoms with Crippen LogP contribution in [0.2, 0.25) is 0 Å². The summed E-state index contributed by atoms with van der Waals surface area (Å²) in [5.41, 5.74) is 0.566. The average Bonchev–Trinajstić information content (AvgIpc) is 3.15. The van der Waals surface area contributed by atoms with Crippen molar-refractivity contribution in [2.75, 3.05) is 20.1 Å². The van der Waals surface area contributed by atoms with Gasteiger partial charge < -0.3 is 10.2 Å². The number of aromatic nitrogens is 1. The van der Waals surface area contributed by atoms with Crippen LogP contribution in [0.15, 0.2) is 21.3 Å². The van der Waals surface area contributed by atoms with Gasteiger partial charge in [-0.3, -0.25) is 4.79 Å². The topological polar surface area (TPSA) is 45.2 Å². The van der Waals surface area contributed by atoms with E-state index in [1.807, 2.05) is 29.5 Å². The first-order valence-corrected chi connectivity index (χ1v) is 9.34. The number of amides is 1. The fourth-order valence-corrected chi connectivity index (χ4v) is 4.73. The highest BCUT2D eigenvalue weighted by Gasteiger charge is 2.25. The van der Waals surface area contributed by atoms with Crippen LogP contribution in [-0.4, -0.2) is 42.0 Å².